The van der Waals surface area contributed by atoms with Gasteiger partial charge in [-0.3, -0.25) is 4.79 Å². The summed E-state index contributed by atoms with van der Waals surface area (Å²) in [5, 5.41) is 3.23. The van der Waals surface area contributed by atoms with Crippen molar-refractivity contribution in [1.29, 1.82) is 0 Å². The van der Waals surface area contributed by atoms with E-state index in [0.717, 1.165) is 0 Å². The molecule has 1 atom stereocenters. The second-order valence-electron chi connectivity index (χ2n) is 5.54. The summed E-state index contributed by atoms with van der Waals surface area (Å²) >= 11 is 6.11. The van der Waals surface area contributed by atoms with Gasteiger partial charge in [0.05, 0.1) is 17.2 Å². The van der Waals surface area contributed by atoms with Crippen LogP contribution in [-0.4, -0.2) is 18.1 Å². The van der Waals surface area contributed by atoms with Crippen molar-refractivity contribution in [3.63, 3.8) is 0 Å². The number of nitrogens with one attached hydrogen (secondary N) is 1. The van der Waals surface area contributed by atoms with E-state index in [9.17, 15) is 4.79 Å². The van der Waals surface area contributed by atoms with Crippen molar-refractivity contribution in [1.82, 2.24) is 0 Å². The number of hydrogen-bond donors (Lipinski definition) is 2. The molecule has 0 bridgehead atoms. The van der Waals surface area contributed by atoms with Gasteiger partial charge in [-0.05, 0) is 44.4 Å². The number of amides is 1. The summed E-state index contributed by atoms with van der Waals surface area (Å²) < 4.78 is 5.54. The molecule has 0 aromatic heterocycles. The molecule has 0 aliphatic heterocycles. The lowest BCUT2D eigenvalue weighted by atomic mass is 10.0. The fraction of sp³-hybridized carbons (Fsp3) is 0.533. The third kappa shape index (κ3) is 5.39. The summed E-state index contributed by atoms with van der Waals surface area (Å²) in [6, 6.07) is 4.65. The van der Waals surface area contributed by atoms with Crippen molar-refractivity contribution in [3.8, 4) is 5.75 Å². The fourth-order valence-corrected chi connectivity index (χ4v) is 2.00. The molecule has 5 heteroatoms. The molecule has 3 N–H and O–H groups in total. The number of rotatable bonds is 6. The summed E-state index contributed by atoms with van der Waals surface area (Å²) in [5.74, 6) is 0.777. The van der Waals surface area contributed by atoms with Gasteiger partial charge in [0.25, 0.3) is 0 Å². The third-order valence-electron chi connectivity index (χ3n) is 2.62. The molecule has 20 heavy (non-hydrogen) atoms. The molecular weight excluding hydrogens is 276 g/mol. The molecule has 0 radical (unpaired) electrons. The maximum atomic E-state index is 11.9. The van der Waals surface area contributed by atoms with Gasteiger partial charge in [-0.1, -0.05) is 25.4 Å². The molecule has 0 spiro atoms. The van der Waals surface area contributed by atoms with E-state index in [4.69, 9.17) is 22.1 Å². The molecule has 0 unspecified atom stereocenters. The van der Waals surface area contributed by atoms with Crippen LogP contribution in [0, 0.1) is 5.92 Å². The van der Waals surface area contributed by atoms with Gasteiger partial charge in [0.1, 0.15) is 5.75 Å². The van der Waals surface area contributed by atoms with Gasteiger partial charge in [-0.25, -0.2) is 0 Å². The van der Waals surface area contributed by atoms with Crippen molar-refractivity contribution in [2.45, 2.75) is 46.3 Å². The van der Waals surface area contributed by atoms with E-state index in [2.05, 4.69) is 5.32 Å². The number of carbonyl (C=O) groups is 1. The molecule has 1 amide bonds. The summed E-state index contributed by atoms with van der Waals surface area (Å²) in [4.78, 5) is 11.9. The topological polar surface area (TPSA) is 64.4 Å². The molecule has 0 fully saturated rings. The van der Waals surface area contributed by atoms with E-state index in [0.29, 0.717) is 28.8 Å². The van der Waals surface area contributed by atoms with Crippen LogP contribution in [0.15, 0.2) is 18.2 Å². The maximum Gasteiger partial charge on any atom is 0.241 e. The van der Waals surface area contributed by atoms with Gasteiger partial charge in [0, 0.05) is 5.69 Å². The lowest BCUT2D eigenvalue weighted by molar-refractivity contribution is -0.117. The van der Waals surface area contributed by atoms with Crippen LogP contribution in [0.2, 0.25) is 5.02 Å². The van der Waals surface area contributed by atoms with Crippen LogP contribution in [0.4, 0.5) is 5.69 Å². The molecule has 0 aliphatic carbocycles. The van der Waals surface area contributed by atoms with E-state index in [1.165, 1.54) is 0 Å². The first-order chi connectivity index (χ1) is 9.29. The average Bonchev–Trinajstić information content (AvgIpc) is 2.31. The number of anilines is 1. The molecule has 0 saturated carbocycles. The van der Waals surface area contributed by atoms with E-state index < -0.39 is 6.04 Å². The monoisotopic (exact) mass is 298 g/mol. The molecule has 1 aromatic rings. The molecule has 0 saturated heterocycles. The first kappa shape index (κ1) is 16.8. The number of halogens is 1. The first-order valence-electron chi connectivity index (χ1n) is 6.82. The number of carbonyl (C=O) groups excluding carboxylic acids is 1. The Labute approximate surface area is 125 Å². The highest BCUT2D eigenvalue weighted by Gasteiger charge is 2.15. The zero-order valence-electron chi connectivity index (χ0n) is 12.4. The lowest BCUT2D eigenvalue weighted by Crippen LogP contribution is -2.36. The van der Waals surface area contributed by atoms with Gasteiger partial charge in [0.15, 0.2) is 0 Å². The summed E-state index contributed by atoms with van der Waals surface area (Å²) in [6.07, 6.45) is 0.695. The minimum absolute atomic E-state index is 0.0485. The zero-order valence-corrected chi connectivity index (χ0v) is 13.2. The predicted octanol–water partition coefficient (Wildman–Crippen LogP) is 3.44. The summed E-state index contributed by atoms with van der Waals surface area (Å²) in [6.45, 7) is 7.91. The first-order valence-corrected chi connectivity index (χ1v) is 7.20. The van der Waals surface area contributed by atoms with Crippen LogP contribution >= 0.6 is 11.6 Å². The van der Waals surface area contributed by atoms with Gasteiger partial charge >= 0.3 is 0 Å². The third-order valence-corrected chi connectivity index (χ3v) is 2.92. The molecule has 4 nitrogen and oxygen atoms in total. The highest BCUT2D eigenvalue weighted by molar-refractivity contribution is 6.32. The number of benzene rings is 1. The van der Waals surface area contributed by atoms with Gasteiger partial charge in [-0.2, -0.15) is 0 Å². The Morgan fingerprint density at radius 2 is 2.00 bits per heavy atom. The van der Waals surface area contributed by atoms with Crippen LogP contribution in [0.1, 0.15) is 34.1 Å². The van der Waals surface area contributed by atoms with Gasteiger partial charge in [0.2, 0.25) is 5.91 Å². The smallest absolute Gasteiger partial charge is 0.241 e. The standard InChI is InChI=1S/C15H23ClN2O2/c1-9(2)7-13(17)15(19)18-11-5-6-14(12(16)8-11)20-10(3)4/h5-6,8-10,13H,7,17H2,1-4H3,(H,18,19)/t13-/m0/s1. The van der Waals surface area contributed by atoms with Gasteiger partial charge < -0.3 is 15.8 Å². The van der Waals surface area contributed by atoms with Crippen molar-refractivity contribution >= 4 is 23.2 Å². The van der Waals surface area contributed by atoms with Gasteiger partial charge in [-0.15, -0.1) is 0 Å². The molecule has 1 aromatic carbocycles. The van der Waals surface area contributed by atoms with E-state index in [1.54, 1.807) is 18.2 Å². The van der Waals surface area contributed by atoms with Crippen LogP contribution < -0.4 is 15.8 Å². The van der Waals surface area contributed by atoms with Crippen LogP contribution in [0.3, 0.4) is 0 Å². The summed E-state index contributed by atoms with van der Waals surface area (Å²) in [5.41, 5.74) is 6.45. The molecule has 1 rings (SSSR count). The molecular formula is C15H23ClN2O2. The number of ether oxygens (including phenoxy) is 1. The number of nitrogens with two attached hydrogens (primary N) is 1. The minimum atomic E-state index is -0.514. The Kier molecular flexibility index (Phi) is 6.30. The average molecular weight is 299 g/mol. The highest BCUT2D eigenvalue weighted by atomic mass is 35.5. The Balaban J connectivity index is 2.69. The largest absolute Gasteiger partial charge is 0.489 e. The Hall–Kier alpha value is -1.26. The van der Waals surface area contributed by atoms with Crippen LogP contribution in [0.25, 0.3) is 0 Å². The van der Waals surface area contributed by atoms with E-state index >= 15 is 0 Å². The summed E-state index contributed by atoms with van der Waals surface area (Å²) in [7, 11) is 0. The molecule has 0 heterocycles. The van der Waals surface area contributed by atoms with E-state index in [1.807, 2.05) is 27.7 Å². The Morgan fingerprint density at radius 3 is 2.50 bits per heavy atom. The van der Waals surface area contributed by atoms with Crippen molar-refractivity contribution in [2.75, 3.05) is 5.32 Å². The Morgan fingerprint density at radius 1 is 1.35 bits per heavy atom. The van der Waals surface area contributed by atoms with Crippen molar-refractivity contribution in [3.05, 3.63) is 23.2 Å². The highest BCUT2D eigenvalue weighted by Crippen LogP contribution is 2.28. The second kappa shape index (κ2) is 7.50. The maximum absolute atomic E-state index is 11.9. The fourth-order valence-electron chi connectivity index (χ4n) is 1.78. The quantitative estimate of drug-likeness (QED) is 0.845. The van der Waals surface area contributed by atoms with Crippen LogP contribution in [-0.2, 0) is 4.79 Å². The zero-order chi connectivity index (χ0) is 15.3. The van der Waals surface area contributed by atoms with Crippen molar-refractivity contribution < 1.29 is 9.53 Å². The minimum Gasteiger partial charge on any atom is -0.489 e. The molecule has 0 aliphatic rings. The Bertz CT molecular complexity index is 461. The van der Waals surface area contributed by atoms with Crippen LogP contribution in [0.5, 0.6) is 5.75 Å². The predicted molar refractivity (Wildman–Crippen MR) is 83.3 cm³/mol. The number of hydrogen-bond acceptors (Lipinski definition) is 3. The normalized spacial score (nSPS) is 12.6. The second-order valence-corrected chi connectivity index (χ2v) is 5.94. The SMILES string of the molecule is CC(C)C[C@H](N)C(=O)Nc1ccc(OC(C)C)c(Cl)c1. The van der Waals surface area contributed by atoms with Crippen molar-refractivity contribution in [2.24, 2.45) is 11.7 Å². The molecule has 112 valence electrons. The lowest BCUT2D eigenvalue weighted by Gasteiger charge is -2.15. The van der Waals surface area contributed by atoms with E-state index in [-0.39, 0.29) is 12.0 Å².